The second-order valence-corrected chi connectivity index (χ2v) is 7.93. The van der Waals surface area contributed by atoms with E-state index < -0.39 is 23.3 Å². The number of carbonyl (C=O) groups excluding carboxylic acids is 1. The van der Waals surface area contributed by atoms with Crippen LogP contribution in [0.4, 0.5) is 13.2 Å². The van der Waals surface area contributed by atoms with E-state index in [2.05, 4.69) is 15.4 Å². The van der Waals surface area contributed by atoms with Gasteiger partial charge >= 0.3 is 6.18 Å². The van der Waals surface area contributed by atoms with Gasteiger partial charge in [-0.1, -0.05) is 17.7 Å². The Balaban J connectivity index is 2.24. The van der Waals surface area contributed by atoms with Crippen molar-refractivity contribution >= 4 is 34.5 Å². The van der Waals surface area contributed by atoms with Gasteiger partial charge in [-0.3, -0.25) is 4.79 Å². The molecule has 0 aliphatic heterocycles. The Bertz CT molecular complexity index is 974. The number of alkyl halides is 3. The number of amides is 1. The Morgan fingerprint density at radius 1 is 1.31 bits per heavy atom. The molecule has 3 aromatic heterocycles. The fourth-order valence-corrected chi connectivity index (χ4v) is 3.22. The molecule has 1 amide bonds. The molecule has 0 aromatic carbocycles. The van der Waals surface area contributed by atoms with E-state index >= 15 is 0 Å². The predicted octanol–water partition coefficient (Wildman–Crippen LogP) is 4.66. The lowest BCUT2D eigenvalue weighted by molar-refractivity contribution is -0.142. The van der Waals surface area contributed by atoms with Gasteiger partial charge in [-0.15, -0.1) is 11.3 Å². The van der Waals surface area contributed by atoms with E-state index in [0.29, 0.717) is 9.39 Å². The maximum Gasteiger partial charge on any atom is 0.433 e. The Morgan fingerprint density at radius 2 is 2.00 bits per heavy atom. The zero-order valence-electron chi connectivity index (χ0n) is 14.0. The summed E-state index contributed by atoms with van der Waals surface area (Å²) in [6.07, 6.45) is -4.69. The Morgan fingerprint density at radius 3 is 2.54 bits per heavy atom. The minimum Gasteiger partial charge on any atom is -0.346 e. The third-order valence-electron chi connectivity index (χ3n) is 3.30. The van der Waals surface area contributed by atoms with Gasteiger partial charge in [-0.05, 0) is 38.3 Å². The molecule has 0 bridgehead atoms. The van der Waals surface area contributed by atoms with Gasteiger partial charge in [0.05, 0.1) is 10.6 Å². The lowest BCUT2D eigenvalue weighted by atomic mass is 10.1. The molecular formula is C16H14ClF3N4OS. The highest BCUT2D eigenvalue weighted by Crippen LogP contribution is 2.35. The van der Waals surface area contributed by atoms with Crippen LogP contribution >= 0.6 is 22.9 Å². The van der Waals surface area contributed by atoms with Gasteiger partial charge in [0.2, 0.25) is 0 Å². The van der Waals surface area contributed by atoms with Gasteiger partial charge in [-0.25, -0.2) is 9.50 Å². The van der Waals surface area contributed by atoms with E-state index in [1.807, 2.05) is 0 Å². The summed E-state index contributed by atoms with van der Waals surface area (Å²) in [6, 6.07) is 4.26. The van der Waals surface area contributed by atoms with E-state index in [-0.39, 0.29) is 22.1 Å². The number of hydrogen-bond acceptors (Lipinski definition) is 4. The molecule has 3 heterocycles. The number of nitrogens with one attached hydrogen (secondary N) is 1. The van der Waals surface area contributed by atoms with Crippen molar-refractivity contribution in [1.82, 2.24) is 19.9 Å². The minimum atomic E-state index is -4.69. The summed E-state index contributed by atoms with van der Waals surface area (Å²) in [7, 11) is 0. The molecule has 0 unspecified atom stereocenters. The molecule has 10 heteroatoms. The van der Waals surface area contributed by atoms with E-state index in [1.165, 1.54) is 11.3 Å². The van der Waals surface area contributed by atoms with Crippen molar-refractivity contribution in [3.63, 3.8) is 0 Å². The van der Waals surface area contributed by atoms with E-state index in [1.54, 1.807) is 38.3 Å². The lowest BCUT2D eigenvalue weighted by Gasteiger charge is -2.19. The first-order chi connectivity index (χ1) is 12.0. The number of rotatable bonds is 2. The summed E-state index contributed by atoms with van der Waals surface area (Å²) < 4.78 is 41.1. The van der Waals surface area contributed by atoms with Crippen LogP contribution in [0, 0.1) is 0 Å². The van der Waals surface area contributed by atoms with Crippen LogP contribution in [0.25, 0.3) is 16.2 Å². The fourth-order valence-electron chi connectivity index (χ4n) is 2.29. The summed E-state index contributed by atoms with van der Waals surface area (Å²) in [5.41, 5.74) is -2.06. The molecule has 0 aliphatic rings. The molecule has 0 fully saturated rings. The average Bonchev–Trinajstić information content (AvgIpc) is 3.12. The maximum absolute atomic E-state index is 13.5. The maximum atomic E-state index is 13.5. The first-order valence-corrected chi connectivity index (χ1v) is 8.76. The second-order valence-electron chi connectivity index (χ2n) is 6.60. The lowest BCUT2D eigenvalue weighted by Crippen LogP contribution is -2.40. The summed E-state index contributed by atoms with van der Waals surface area (Å²) in [4.78, 5) is 17.1. The highest BCUT2D eigenvalue weighted by molar-refractivity contribution is 7.13. The largest absolute Gasteiger partial charge is 0.433 e. The second kappa shape index (κ2) is 6.24. The average molecular weight is 403 g/mol. The smallest absolute Gasteiger partial charge is 0.346 e. The van der Waals surface area contributed by atoms with Crippen molar-refractivity contribution in [3.05, 3.63) is 40.0 Å². The summed E-state index contributed by atoms with van der Waals surface area (Å²) in [6.45, 7) is 5.22. The molecule has 0 saturated carbocycles. The van der Waals surface area contributed by atoms with Gasteiger partial charge in [-0.2, -0.15) is 18.3 Å². The standard InChI is InChI=1S/C16H14ClF3N4OS/c1-15(2,3)22-14(25)12-11(17)13-21-8(9-5-4-6-26-9)7-10(16(18,19)20)24(13)23-12/h4-7H,1-3H3,(H,22,25). The van der Waals surface area contributed by atoms with Crippen molar-refractivity contribution in [2.45, 2.75) is 32.5 Å². The number of fused-ring (bicyclic) bond motifs is 1. The van der Waals surface area contributed by atoms with Crippen LogP contribution in [0.5, 0.6) is 0 Å². The van der Waals surface area contributed by atoms with Crippen LogP contribution in [0.1, 0.15) is 37.0 Å². The number of nitrogens with zero attached hydrogens (tertiary/aromatic N) is 3. The van der Waals surface area contributed by atoms with Gasteiger partial charge in [0.15, 0.2) is 17.0 Å². The molecule has 5 nitrogen and oxygen atoms in total. The number of halogens is 4. The Labute approximate surface area is 155 Å². The van der Waals surface area contributed by atoms with Gasteiger partial charge in [0.25, 0.3) is 5.91 Å². The van der Waals surface area contributed by atoms with Crippen LogP contribution < -0.4 is 5.32 Å². The highest BCUT2D eigenvalue weighted by Gasteiger charge is 2.37. The molecule has 0 aliphatic carbocycles. The van der Waals surface area contributed by atoms with Crippen LogP contribution in [0.3, 0.4) is 0 Å². The molecule has 26 heavy (non-hydrogen) atoms. The Kier molecular flexibility index (Phi) is 4.48. The van der Waals surface area contributed by atoms with E-state index in [9.17, 15) is 18.0 Å². The van der Waals surface area contributed by atoms with Crippen molar-refractivity contribution in [3.8, 4) is 10.6 Å². The van der Waals surface area contributed by atoms with Crippen molar-refractivity contribution in [2.75, 3.05) is 0 Å². The van der Waals surface area contributed by atoms with Crippen molar-refractivity contribution in [1.29, 1.82) is 0 Å². The quantitative estimate of drug-likeness (QED) is 0.678. The van der Waals surface area contributed by atoms with E-state index in [4.69, 9.17) is 11.6 Å². The summed E-state index contributed by atoms with van der Waals surface area (Å²) in [5, 5.41) is 7.91. The highest BCUT2D eigenvalue weighted by atomic mass is 35.5. The zero-order valence-corrected chi connectivity index (χ0v) is 15.6. The first-order valence-electron chi connectivity index (χ1n) is 7.50. The summed E-state index contributed by atoms with van der Waals surface area (Å²) >= 11 is 7.41. The molecule has 0 atom stereocenters. The van der Waals surface area contributed by atoms with Crippen molar-refractivity contribution in [2.24, 2.45) is 0 Å². The third-order valence-corrected chi connectivity index (χ3v) is 4.54. The molecule has 0 saturated heterocycles. The molecule has 3 rings (SSSR count). The SMILES string of the molecule is CC(C)(C)NC(=O)c1nn2c(C(F)(F)F)cc(-c3cccs3)nc2c1Cl. The first kappa shape index (κ1) is 18.7. The fraction of sp³-hybridized carbons (Fsp3) is 0.312. The summed E-state index contributed by atoms with van der Waals surface area (Å²) in [5.74, 6) is -0.668. The normalized spacial score (nSPS) is 12.6. The number of thiophene rings is 1. The topological polar surface area (TPSA) is 59.3 Å². The van der Waals surface area contributed by atoms with Crippen LogP contribution in [0.2, 0.25) is 5.02 Å². The Hall–Kier alpha value is -2.13. The van der Waals surface area contributed by atoms with Gasteiger partial charge in [0.1, 0.15) is 5.02 Å². The number of aromatic nitrogens is 3. The molecular weight excluding hydrogens is 389 g/mol. The van der Waals surface area contributed by atoms with Gasteiger partial charge < -0.3 is 5.32 Å². The molecule has 0 spiro atoms. The molecule has 0 radical (unpaired) electrons. The van der Waals surface area contributed by atoms with Crippen LogP contribution in [-0.4, -0.2) is 26.0 Å². The van der Waals surface area contributed by atoms with E-state index in [0.717, 1.165) is 6.07 Å². The zero-order chi connectivity index (χ0) is 19.3. The minimum absolute atomic E-state index is 0.115. The van der Waals surface area contributed by atoms with Gasteiger partial charge in [0, 0.05) is 5.54 Å². The molecule has 138 valence electrons. The van der Waals surface area contributed by atoms with Crippen molar-refractivity contribution < 1.29 is 18.0 Å². The number of carbonyl (C=O) groups is 1. The third kappa shape index (κ3) is 3.54. The van der Waals surface area contributed by atoms with Crippen LogP contribution in [0.15, 0.2) is 23.6 Å². The predicted molar refractivity (Wildman–Crippen MR) is 93.5 cm³/mol. The number of hydrogen-bond donors (Lipinski definition) is 1. The monoisotopic (exact) mass is 402 g/mol. The molecule has 3 aromatic rings. The van der Waals surface area contributed by atoms with Crippen LogP contribution in [-0.2, 0) is 6.18 Å². The molecule has 1 N–H and O–H groups in total.